The highest BCUT2D eigenvalue weighted by Crippen LogP contribution is 2.26. The number of nitrogens with zero attached hydrogens (tertiary/aromatic N) is 2. The van der Waals surface area contributed by atoms with Gasteiger partial charge in [-0.2, -0.15) is 0 Å². The number of carbonyl (C=O) groups excluding carboxylic acids is 2. The van der Waals surface area contributed by atoms with E-state index in [-0.39, 0.29) is 24.0 Å². The number of anilines is 2. The smallest absolute Gasteiger partial charge is 0.323 e. The molecule has 36 heavy (non-hydrogen) atoms. The Balaban J connectivity index is 1.86. The molecule has 2 N–H and O–H groups in total. The number of fused-ring (bicyclic) bond motifs is 1. The fourth-order valence-corrected chi connectivity index (χ4v) is 4.39. The van der Waals surface area contributed by atoms with Crippen molar-refractivity contribution in [2.75, 3.05) is 51.0 Å². The molecule has 3 rings (SSSR count). The summed E-state index contributed by atoms with van der Waals surface area (Å²) in [5.41, 5.74) is 1.08. The van der Waals surface area contributed by atoms with E-state index in [2.05, 4.69) is 36.3 Å². The monoisotopic (exact) mass is 500 g/mol. The van der Waals surface area contributed by atoms with E-state index in [1.807, 2.05) is 0 Å². The summed E-state index contributed by atoms with van der Waals surface area (Å²) >= 11 is 0. The third-order valence-corrected chi connectivity index (χ3v) is 6.42. The first-order chi connectivity index (χ1) is 17.2. The zero-order valence-electron chi connectivity index (χ0n) is 21.7. The quantitative estimate of drug-likeness (QED) is 0.623. The molecule has 0 bridgehead atoms. The van der Waals surface area contributed by atoms with Crippen LogP contribution in [-0.2, 0) is 4.74 Å². The number of hydrogen-bond donors (Lipinski definition) is 2. The number of nitrogens with one attached hydrogen (secondary N) is 2. The van der Waals surface area contributed by atoms with Crippen molar-refractivity contribution in [1.29, 1.82) is 0 Å². The minimum atomic E-state index is -0.549. The molecular formula is C27H37FN4O4. The lowest BCUT2D eigenvalue weighted by atomic mass is 10.0. The fourth-order valence-electron chi connectivity index (χ4n) is 4.39. The first-order valence-electron chi connectivity index (χ1n) is 12.3. The minimum Gasteiger partial charge on any atom is -0.491 e. The third-order valence-electron chi connectivity index (χ3n) is 6.42. The standard InChI is InChI=1S/C27H37FN4O4/c1-6-12-32-15-18(2)25(35-5)16-31(4)26(33)23-14-22(10-11-24(23)36-17-19(32)3)30-27(34)29-21-9-7-8-20(28)13-21/h7-11,13-14,18-19,25H,6,12,15-17H2,1-5H3,(H2,29,30,34)/t18-,19-,25+/m0/s1. The van der Waals surface area contributed by atoms with Crippen molar-refractivity contribution in [3.63, 3.8) is 0 Å². The molecule has 2 aromatic carbocycles. The fraction of sp³-hybridized carbons (Fsp3) is 0.481. The Morgan fingerprint density at radius 1 is 1.14 bits per heavy atom. The van der Waals surface area contributed by atoms with E-state index in [9.17, 15) is 14.0 Å². The van der Waals surface area contributed by atoms with Crippen LogP contribution in [0.15, 0.2) is 42.5 Å². The maximum Gasteiger partial charge on any atom is 0.323 e. The zero-order valence-corrected chi connectivity index (χ0v) is 21.7. The second kappa shape index (κ2) is 12.7. The predicted molar refractivity (Wildman–Crippen MR) is 139 cm³/mol. The number of rotatable bonds is 5. The van der Waals surface area contributed by atoms with Crippen LogP contribution in [0.2, 0.25) is 0 Å². The van der Waals surface area contributed by atoms with E-state index in [0.29, 0.717) is 35.8 Å². The summed E-state index contributed by atoms with van der Waals surface area (Å²) < 4.78 is 25.3. The Morgan fingerprint density at radius 3 is 2.53 bits per heavy atom. The highest BCUT2D eigenvalue weighted by Gasteiger charge is 2.28. The van der Waals surface area contributed by atoms with Crippen molar-refractivity contribution >= 4 is 23.3 Å². The molecule has 1 heterocycles. The third kappa shape index (κ3) is 7.18. The summed E-state index contributed by atoms with van der Waals surface area (Å²) in [4.78, 5) is 29.9. The number of ether oxygens (including phenoxy) is 2. The molecule has 9 heteroatoms. The van der Waals surface area contributed by atoms with Gasteiger partial charge in [-0.25, -0.2) is 9.18 Å². The van der Waals surface area contributed by atoms with E-state index in [1.165, 1.54) is 18.2 Å². The Kier molecular flexibility index (Phi) is 9.66. The summed E-state index contributed by atoms with van der Waals surface area (Å²) in [5, 5.41) is 5.30. The maximum atomic E-state index is 13.4. The molecule has 8 nitrogen and oxygen atoms in total. The SMILES string of the molecule is CCCN1C[C@H](C)[C@H](OC)CN(C)C(=O)c2cc(NC(=O)Nc3cccc(F)c3)ccc2OC[C@@H]1C. The van der Waals surface area contributed by atoms with Crippen molar-refractivity contribution in [3.05, 3.63) is 53.8 Å². The van der Waals surface area contributed by atoms with Crippen LogP contribution in [0.3, 0.4) is 0 Å². The van der Waals surface area contributed by atoms with Crippen LogP contribution in [-0.4, -0.2) is 74.3 Å². The summed E-state index contributed by atoms with van der Waals surface area (Å²) in [6, 6.07) is 10.2. The van der Waals surface area contributed by atoms with Gasteiger partial charge in [-0.05, 0) is 62.2 Å². The summed E-state index contributed by atoms with van der Waals surface area (Å²) in [5.74, 6) is -0.0210. The Morgan fingerprint density at radius 2 is 1.86 bits per heavy atom. The summed E-state index contributed by atoms with van der Waals surface area (Å²) in [7, 11) is 3.41. The van der Waals surface area contributed by atoms with Crippen LogP contribution in [0.1, 0.15) is 37.6 Å². The minimum absolute atomic E-state index is 0.132. The molecule has 0 unspecified atom stereocenters. The Labute approximate surface area is 212 Å². The number of likely N-dealkylation sites (N-methyl/N-ethyl adjacent to an activating group) is 1. The molecule has 0 radical (unpaired) electrons. The van der Waals surface area contributed by atoms with E-state index in [0.717, 1.165) is 19.5 Å². The molecule has 0 saturated heterocycles. The number of halogens is 1. The maximum absolute atomic E-state index is 13.4. The van der Waals surface area contributed by atoms with Crippen LogP contribution in [0.5, 0.6) is 5.75 Å². The molecule has 3 atom stereocenters. The van der Waals surface area contributed by atoms with Gasteiger partial charge in [0.1, 0.15) is 18.2 Å². The Hall–Kier alpha value is -3.17. The molecule has 1 aliphatic heterocycles. The first-order valence-corrected chi connectivity index (χ1v) is 12.3. The van der Waals surface area contributed by atoms with Gasteiger partial charge in [0.05, 0.1) is 11.7 Å². The van der Waals surface area contributed by atoms with Gasteiger partial charge in [0.15, 0.2) is 0 Å². The second-order valence-corrected chi connectivity index (χ2v) is 9.39. The van der Waals surface area contributed by atoms with E-state index in [1.54, 1.807) is 43.3 Å². The van der Waals surface area contributed by atoms with Gasteiger partial charge in [0, 0.05) is 44.7 Å². The van der Waals surface area contributed by atoms with E-state index >= 15 is 0 Å². The van der Waals surface area contributed by atoms with Gasteiger partial charge in [-0.3, -0.25) is 9.69 Å². The summed E-state index contributed by atoms with van der Waals surface area (Å²) in [6.45, 7) is 9.04. The van der Waals surface area contributed by atoms with Crippen molar-refractivity contribution in [1.82, 2.24) is 9.80 Å². The molecule has 0 aromatic heterocycles. The van der Waals surface area contributed by atoms with Crippen molar-refractivity contribution in [2.24, 2.45) is 5.92 Å². The van der Waals surface area contributed by atoms with Gasteiger partial charge in [0.25, 0.3) is 5.91 Å². The zero-order chi connectivity index (χ0) is 26.2. The number of urea groups is 1. The molecule has 0 aliphatic carbocycles. The molecule has 0 fully saturated rings. The normalized spacial score (nSPS) is 21.6. The first kappa shape index (κ1) is 27.4. The Bertz CT molecular complexity index is 1050. The van der Waals surface area contributed by atoms with Gasteiger partial charge < -0.3 is 25.0 Å². The summed E-state index contributed by atoms with van der Waals surface area (Å²) in [6.07, 6.45) is 0.892. The number of amides is 3. The topological polar surface area (TPSA) is 83.1 Å². The van der Waals surface area contributed by atoms with Gasteiger partial charge in [-0.1, -0.05) is 19.9 Å². The predicted octanol–water partition coefficient (Wildman–Crippen LogP) is 4.69. The van der Waals surface area contributed by atoms with Gasteiger partial charge in [-0.15, -0.1) is 0 Å². The average molecular weight is 501 g/mol. The molecule has 2 aromatic rings. The van der Waals surface area contributed by atoms with Crippen LogP contribution >= 0.6 is 0 Å². The lowest BCUT2D eigenvalue weighted by Crippen LogP contribution is -2.46. The van der Waals surface area contributed by atoms with Crippen LogP contribution in [0.4, 0.5) is 20.6 Å². The second-order valence-electron chi connectivity index (χ2n) is 9.39. The number of hydrogen-bond acceptors (Lipinski definition) is 5. The molecule has 0 saturated carbocycles. The number of methoxy groups -OCH3 is 1. The molecular weight excluding hydrogens is 463 g/mol. The van der Waals surface area contributed by atoms with Crippen LogP contribution in [0.25, 0.3) is 0 Å². The number of carbonyl (C=O) groups is 2. The number of benzene rings is 2. The van der Waals surface area contributed by atoms with E-state index < -0.39 is 11.8 Å². The van der Waals surface area contributed by atoms with Gasteiger partial charge in [0.2, 0.25) is 0 Å². The van der Waals surface area contributed by atoms with Gasteiger partial charge >= 0.3 is 6.03 Å². The largest absolute Gasteiger partial charge is 0.491 e. The molecule has 1 aliphatic rings. The van der Waals surface area contributed by atoms with Crippen molar-refractivity contribution in [3.8, 4) is 5.75 Å². The van der Waals surface area contributed by atoms with E-state index in [4.69, 9.17) is 9.47 Å². The molecule has 196 valence electrons. The highest BCUT2D eigenvalue weighted by atomic mass is 19.1. The van der Waals surface area contributed by atoms with Crippen LogP contribution < -0.4 is 15.4 Å². The lowest BCUT2D eigenvalue weighted by Gasteiger charge is -2.35. The average Bonchev–Trinajstić information content (AvgIpc) is 2.84. The van der Waals surface area contributed by atoms with Crippen molar-refractivity contribution in [2.45, 2.75) is 39.3 Å². The van der Waals surface area contributed by atoms with Crippen LogP contribution in [0, 0.1) is 11.7 Å². The lowest BCUT2D eigenvalue weighted by molar-refractivity contribution is 0.0108. The van der Waals surface area contributed by atoms with Crippen molar-refractivity contribution < 1.29 is 23.5 Å². The highest BCUT2D eigenvalue weighted by molar-refractivity contribution is 6.02. The molecule has 3 amide bonds. The molecule has 0 spiro atoms.